The van der Waals surface area contributed by atoms with Crippen molar-refractivity contribution in [2.45, 2.75) is 51.9 Å². The van der Waals surface area contributed by atoms with Gasteiger partial charge in [0.15, 0.2) is 0 Å². The molecule has 4 rings (SSSR count). The molecule has 0 amide bonds. The first-order valence-electron chi connectivity index (χ1n) is 10.6. The van der Waals surface area contributed by atoms with Crippen molar-refractivity contribution in [3.63, 3.8) is 0 Å². The van der Waals surface area contributed by atoms with Crippen LogP contribution in [0.15, 0.2) is 60.8 Å². The molecule has 31 heavy (non-hydrogen) atoms. The van der Waals surface area contributed by atoms with Gasteiger partial charge in [0.05, 0.1) is 18.2 Å². The normalized spacial score (nSPS) is 20.5. The Kier molecular flexibility index (Phi) is 5.58. The molecule has 6 heteroatoms. The Bertz CT molecular complexity index is 1100. The van der Waals surface area contributed by atoms with E-state index in [0.29, 0.717) is 13.2 Å². The van der Waals surface area contributed by atoms with Gasteiger partial charge in [0, 0.05) is 18.1 Å². The average molecular weight is 421 g/mol. The smallest absolute Gasteiger partial charge is 0.419 e. The molecular formula is C25H28N2O4. The van der Waals surface area contributed by atoms with Gasteiger partial charge in [0.1, 0.15) is 11.6 Å². The van der Waals surface area contributed by atoms with Crippen LogP contribution in [-0.4, -0.2) is 39.8 Å². The molecule has 3 aromatic rings. The fraction of sp³-hybridized carbons (Fsp3) is 0.360. The highest BCUT2D eigenvalue weighted by Crippen LogP contribution is 2.47. The van der Waals surface area contributed by atoms with Gasteiger partial charge in [-0.2, -0.15) is 0 Å². The fourth-order valence-electron chi connectivity index (χ4n) is 4.01. The van der Waals surface area contributed by atoms with E-state index in [2.05, 4.69) is 4.90 Å². The zero-order valence-corrected chi connectivity index (χ0v) is 18.4. The van der Waals surface area contributed by atoms with Crippen LogP contribution in [0.4, 0.5) is 4.79 Å². The standard InChI is InChI=1S/C25H28N2O4/c1-5-30-23(28)22-21(27(22)15-17-11-7-6-8-12-17)19-16-26(24(29)31-25(2,3)4)20-14-10-9-13-18(19)20/h6-14,16,21-22H,5,15H2,1-4H3. The zero-order valence-electron chi connectivity index (χ0n) is 18.4. The first kappa shape index (κ1) is 21.1. The van der Waals surface area contributed by atoms with Gasteiger partial charge in [0.2, 0.25) is 0 Å². The van der Waals surface area contributed by atoms with Crippen LogP contribution in [0.25, 0.3) is 10.9 Å². The predicted octanol–water partition coefficient (Wildman–Crippen LogP) is 4.91. The fourth-order valence-corrected chi connectivity index (χ4v) is 4.01. The molecule has 162 valence electrons. The molecule has 0 bridgehead atoms. The highest BCUT2D eigenvalue weighted by atomic mass is 16.6. The minimum absolute atomic E-state index is 0.159. The number of rotatable bonds is 5. The molecule has 0 saturated carbocycles. The highest BCUT2D eigenvalue weighted by Gasteiger charge is 2.55. The molecule has 3 atom stereocenters. The Labute approximate surface area is 182 Å². The predicted molar refractivity (Wildman–Crippen MR) is 119 cm³/mol. The lowest BCUT2D eigenvalue weighted by atomic mass is 10.1. The molecule has 1 aliphatic rings. The van der Waals surface area contributed by atoms with Gasteiger partial charge >= 0.3 is 12.1 Å². The summed E-state index contributed by atoms with van der Waals surface area (Å²) < 4.78 is 12.5. The van der Waals surface area contributed by atoms with Crippen LogP contribution >= 0.6 is 0 Å². The first-order chi connectivity index (χ1) is 14.8. The van der Waals surface area contributed by atoms with Crippen LogP contribution in [0.2, 0.25) is 0 Å². The Balaban J connectivity index is 1.72. The van der Waals surface area contributed by atoms with E-state index in [-0.39, 0.29) is 18.1 Å². The Morgan fingerprint density at radius 2 is 1.68 bits per heavy atom. The monoisotopic (exact) mass is 420 g/mol. The van der Waals surface area contributed by atoms with E-state index in [1.807, 2.05) is 82.3 Å². The van der Waals surface area contributed by atoms with Crippen LogP contribution in [0.1, 0.15) is 44.9 Å². The van der Waals surface area contributed by atoms with E-state index in [0.717, 1.165) is 22.0 Å². The lowest BCUT2D eigenvalue weighted by Crippen LogP contribution is -2.26. The number of aromatic nitrogens is 1. The van der Waals surface area contributed by atoms with E-state index in [1.165, 1.54) is 4.57 Å². The average Bonchev–Trinajstić information content (AvgIpc) is 3.28. The van der Waals surface area contributed by atoms with Crippen molar-refractivity contribution in [1.29, 1.82) is 0 Å². The molecular weight excluding hydrogens is 392 g/mol. The summed E-state index contributed by atoms with van der Waals surface area (Å²) in [6, 6.07) is 17.2. The minimum atomic E-state index is -0.602. The van der Waals surface area contributed by atoms with Crippen LogP contribution < -0.4 is 0 Å². The van der Waals surface area contributed by atoms with Crippen molar-refractivity contribution in [1.82, 2.24) is 9.47 Å². The molecule has 1 aromatic heterocycles. The van der Waals surface area contributed by atoms with Crippen LogP contribution in [0.3, 0.4) is 0 Å². The number of para-hydroxylation sites is 1. The molecule has 0 radical (unpaired) electrons. The molecule has 2 heterocycles. The number of benzene rings is 2. The number of carbonyl (C=O) groups excluding carboxylic acids is 2. The van der Waals surface area contributed by atoms with E-state index < -0.39 is 11.7 Å². The maximum absolute atomic E-state index is 12.9. The van der Waals surface area contributed by atoms with Gasteiger partial charge in [-0.3, -0.25) is 14.3 Å². The van der Waals surface area contributed by atoms with Crippen LogP contribution in [0, 0.1) is 0 Å². The van der Waals surface area contributed by atoms with Crippen LogP contribution in [-0.2, 0) is 20.8 Å². The number of carbonyl (C=O) groups is 2. The Morgan fingerprint density at radius 3 is 2.35 bits per heavy atom. The molecule has 1 saturated heterocycles. The third-order valence-corrected chi connectivity index (χ3v) is 5.31. The number of nitrogens with zero attached hydrogens (tertiary/aromatic N) is 2. The largest absolute Gasteiger partial charge is 0.465 e. The number of hydrogen-bond donors (Lipinski definition) is 0. The summed E-state index contributed by atoms with van der Waals surface area (Å²) in [7, 11) is 0. The summed E-state index contributed by atoms with van der Waals surface area (Å²) >= 11 is 0. The quantitative estimate of drug-likeness (QED) is 0.433. The second-order valence-corrected chi connectivity index (χ2v) is 8.75. The molecule has 1 aliphatic heterocycles. The number of hydrogen-bond acceptors (Lipinski definition) is 5. The third kappa shape index (κ3) is 4.35. The first-order valence-corrected chi connectivity index (χ1v) is 10.6. The summed E-state index contributed by atoms with van der Waals surface area (Å²) in [5, 5.41) is 0.934. The van der Waals surface area contributed by atoms with Gasteiger partial charge in [-0.1, -0.05) is 48.5 Å². The number of esters is 1. The molecule has 2 aromatic carbocycles. The van der Waals surface area contributed by atoms with E-state index in [1.54, 1.807) is 6.20 Å². The summed E-state index contributed by atoms with van der Waals surface area (Å²) in [6.45, 7) is 8.30. The van der Waals surface area contributed by atoms with Gasteiger partial charge < -0.3 is 9.47 Å². The maximum Gasteiger partial charge on any atom is 0.419 e. The highest BCUT2D eigenvalue weighted by molar-refractivity contribution is 5.94. The number of fused-ring (bicyclic) bond motifs is 1. The van der Waals surface area contributed by atoms with E-state index in [9.17, 15) is 9.59 Å². The second kappa shape index (κ2) is 8.19. The van der Waals surface area contributed by atoms with Crippen molar-refractivity contribution < 1.29 is 19.1 Å². The second-order valence-electron chi connectivity index (χ2n) is 8.75. The summed E-state index contributed by atoms with van der Waals surface area (Å²) in [4.78, 5) is 27.7. The molecule has 0 spiro atoms. The Hall–Kier alpha value is -3.12. The molecule has 1 fully saturated rings. The van der Waals surface area contributed by atoms with Gasteiger partial charge in [-0.25, -0.2) is 4.79 Å². The van der Waals surface area contributed by atoms with Crippen LogP contribution in [0.5, 0.6) is 0 Å². The summed E-state index contributed by atoms with van der Waals surface area (Å²) in [5.74, 6) is -0.238. The van der Waals surface area contributed by atoms with Crippen molar-refractivity contribution in [3.8, 4) is 0 Å². The third-order valence-electron chi connectivity index (χ3n) is 5.31. The lowest BCUT2D eigenvalue weighted by molar-refractivity contribution is -0.143. The van der Waals surface area contributed by atoms with E-state index in [4.69, 9.17) is 9.47 Å². The lowest BCUT2D eigenvalue weighted by Gasteiger charge is -2.19. The summed E-state index contributed by atoms with van der Waals surface area (Å²) in [6.07, 6.45) is 1.37. The minimum Gasteiger partial charge on any atom is -0.465 e. The Morgan fingerprint density at radius 1 is 1.00 bits per heavy atom. The van der Waals surface area contributed by atoms with Crippen molar-refractivity contribution in [2.24, 2.45) is 0 Å². The van der Waals surface area contributed by atoms with Crippen molar-refractivity contribution >= 4 is 23.0 Å². The number of ether oxygens (including phenoxy) is 2. The topological polar surface area (TPSA) is 60.5 Å². The van der Waals surface area contributed by atoms with Crippen molar-refractivity contribution in [3.05, 3.63) is 71.9 Å². The molecule has 0 aliphatic carbocycles. The van der Waals surface area contributed by atoms with Gasteiger partial charge in [0.25, 0.3) is 0 Å². The molecule has 0 N–H and O–H groups in total. The maximum atomic E-state index is 12.9. The summed E-state index contributed by atoms with van der Waals surface area (Å²) in [5.41, 5.74) is 2.21. The zero-order chi connectivity index (χ0) is 22.2. The molecule has 3 unspecified atom stereocenters. The SMILES string of the molecule is CCOC(=O)C1C(c2cn(C(=O)OC(C)(C)C)c3ccccc23)N1Cc1ccccc1. The van der Waals surface area contributed by atoms with E-state index >= 15 is 0 Å². The molecule has 6 nitrogen and oxygen atoms in total. The van der Waals surface area contributed by atoms with Crippen molar-refractivity contribution in [2.75, 3.05) is 6.61 Å². The van der Waals surface area contributed by atoms with Gasteiger partial charge in [-0.15, -0.1) is 0 Å². The van der Waals surface area contributed by atoms with Gasteiger partial charge in [-0.05, 0) is 44.9 Å².